The number of likely N-dealkylation sites (tertiary alicyclic amines) is 1. The summed E-state index contributed by atoms with van der Waals surface area (Å²) < 4.78 is 0. The molecule has 0 bridgehead atoms. The summed E-state index contributed by atoms with van der Waals surface area (Å²) in [6, 6.07) is 14.9. The number of urea groups is 1. The van der Waals surface area contributed by atoms with Crippen molar-refractivity contribution in [3.63, 3.8) is 0 Å². The van der Waals surface area contributed by atoms with E-state index in [1.54, 1.807) is 18.2 Å². The van der Waals surface area contributed by atoms with Crippen molar-refractivity contribution in [2.45, 2.75) is 26.3 Å². The zero-order valence-corrected chi connectivity index (χ0v) is 18.7. The average molecular weight is 436 g/mol. The Labute approximate surface area is 189 Å². The molecule has 4 N–H and O–H groups in total. The highest BCUT2D eigenvalue weighted by atomic mass is 16.3. The van der Waals surface area contributed by atoms with Crippen LogP contribution in [0.3, 0.4) is 0 Å². The predicted octanol–water partition coefficient (Wildman–Crippen LogP) is 3.47. The maximum Gasteiger partial charge on any atom is 0.324 e. The average Bonchev–Trinajstić information content (AvgIpc) is 2.79. The highest BCUT2D eigenvalue weighted by Crippen LogP contribution is 2.27. The number of amidine groups is 1. The van der Waals surface area contributed by atoms with Gasteiger partial charge in [0.15, 0.2) is 0 Å². The Bertz CT molecular complexity index is 953. The number of rotatable bonds is 6. The van der Waals surface area contributed by atoms with E-state index in [-0.39, 0.29) is 11.9 Å². The fraction of sp³-hybridized carbons (Fsp3) is 0.440. The summed E-state index contributed by atoms with van der Waals surface area (Å²) >= 11 is 0. The number of nitrogen functional groups attached to an aromatic ring is 1. The molecule has 0 aliphatic carbocycles. The Morgan fingerprint density at radius 1 is 1.12 bits per heavy atom. The summed E-state index contributed by atoms with van der Waals surface area (Å²) in [5.74, 6) is 1.20. The topological polar surface area (TPSA) is 96.9 Å². The Morgan fingerprint density at radius 2 is 1.84 bits per heavy atom. The van der Waals surface area contributed by atoms with Crippen LogP contribution >= 0.6 is 0 Å². The van der Waals surface area contributed by atoms with E-state index in [2.05, 4.69) is 11.8 Å². The van der Waals surface area contributed by atoms with Gasteiger partial charge >= 0.3 is 6.03 Å². The van der Waals surface area contributed by atoms with Crippen LogP contribution in [0, 0.1) is 17.2 Å². The number of carbonyl (C=O) groups is 1. The Morgan fingerprint density at radius 3 is 2.53 bits per heavy atom. The zero-order valence-electron chi connectivity index (χ0n) is 18.7. The zero-order chi connectivity index (χ0) is 22.7. The number of anilines is 1. The first-order valence-corrected chi connectivity index (χ1v) is 11.4. The molecule has 2 heterocycles. The van der Waals surface area contributed by atoms with E-state index in [1.165, 1.54) is 5.56 Å². The first-order chi connectivity index (χ1) is 15.4. The van der Waals surface area contributed by atoms with E-state index in [1.807, 2.05) is 40.1 Å². The minimum absolute atomic E-state index is 0.0141. The SMILES string of the molecule is CC1CN(CC2CCN(Cc3ccc(O)cc3)CC2)C(=O)N(c2cccc(C(=N)N)c2)C1. The van der Waals surface area contributed by atoms with Crippen LogP contribution in [-0.2, 0) is 6.54 Å². The van der Waals surface area contributed by atoms with Crippen LogP contribution in [0.5, 0.6) is 5.75 Å². The van der Waals surface area contributed by atoms with E-state index >= 15 is 0 Å². The minimum Gasteiger partial charge on any atom is -0.508 e. The Kier molecular flexibility index (Phi) is 6.65. The number of aromatic hydroxyl groups is 1. The number of phenolic OH excluding ortho intramolecular Hbond substituents is 1. The molecule has 32 heavy (non-hydrogen) atoms. The third-order valence-corrected chi connectivity index (χ3v) is 6.52. The van der Waals surface area contributed by atoms with Crippen molar-refractivity contribution in [3.05, 3.63) is 59.7 Å². The van der Waals surface area contributed by atoms with Crippen molar-refractivity contribution in [1.82, 2.24) is 9.80 Å². The van der Waals surface area contributed by atoms with Gasteiger partial charge in [-0.05, 0) is 67.6 Å². The number of carbonyl (C=O) groups excluding carboxylic acids is 1. The second kappa shape index (κ2) is 9.61. The van der Waals surface area contributed by atoms with E-state index in [9.17, 15) is 9.90 Å². The number of nitrogens with one attached hydrogen (secondary N) is 1. The molecule has 0 radical (unpaired) electrons. The van der Waals surface area contributed by atoms with Gasteiger partial charge in [-0.2, -0.15) is 0 Å². The largest absolute Gasteiger partial charge is 0.508 e. The summed E-state index contributed by atoms with van der Waals surface area (Å²) in [4.78, 5) is 19.6. The molecule has 4 rings (SSSR count). The van der Waals surface area contributed by atoms with Crippen LogP contribution in [-0.4, -0.2) is 59.5 Å². The van der Waals surface area contributed by atoms with Gasteiger partial charge < -0.3 is 15.7 Å². The first kappa shape index (κ1) is 22.1. The van der Waals surface area contributed by atoms with Crippen molar-refractivity contribution >= 4 is 17.6 Å². The van der Waals surface area contributed by atoms with Crippen molar-refractivity contribution in [1.29, 1.82) is 5.41 Å². The number of nitrogens with zero attached hydrogens (tertiary/aromatic N) is 3. The van der Waals surface area contributed by atoms with Gasteiger partial charge in [-0.25, -0.2) is 4.79 Å². The van der Waals surface area contributed by atoms with E-state index in [0.717, 1.165) is 51.3 Å². The Balaban J connectivity index is 1.35. The summed E-state index contributed by atoms with van der Waals surface area (Å²) in [5.41, 5.74) is 8.31. The number of nitrogens with two attached hydrogens (primary N) is 1. The number of hydrogen-bond donors (Lipinski definition) is 3. The van der Waals surface area contributed by atoms with E-state index in [4.69, 9.17) is 11.1 Å². The molecule has 2 fully saturated rings. The molecule has 2 aliphatic heterocycles. The second-order valence-electron chi connectivity index (χ2n) is 9.25. The quantitative estimate of drug-likeness (QED) is 0.478. The van der Waals surface area contributed by atoms with Gasteiger partial charge in [0, 0.05) is 37.4 Å². The fourth-order valence-electron chi connectivity index (χ4n) is 4.78. The lowest BCUT2D eigenvalue weighted by Gasteiger charge is -2.42. The molecule has 0 aromatic heterocycles. The van der Waals surface area contributed by atoms with Crippen molar-refractivity contribution < 1.29 is 9.90 Å². The summed E-state index contributed by atoms with van der Waals surface area (Å²) in [6.45, 7) is 7.38. The number of phenols is 1. The van der Waals surface area contributed by atoms with Gasteiger partial charge in [0.1, 0.15) is 11.6 Å². The molecule has 7 nitrogen and oxygen atoms in total. The number of piperidine rings is 1. The molecule has 2 aromatic rings. The molecule has 2 saturated heterocycles. The van der Waals surface area contributed by atoms with Crippen LogP contribution < -0.4 is 10.6 Å². The van der Waals surface area contributed by atoms with E-state index < -0.39 is 0 Å². The van der Waals surface area contributed by atoms with Crippen molar-refractivity contribution in [2.75, 3.05) is 37.6 Å². The van der Waals surface area contributed by atoms with Crippen LogP contribution in [0.15, 0.2) is 48.5 Å². The van der Waals surface area contributed by atoms with E-state index in [0.29, 0.717) is 29.7 Å². The normalized spacial score (nSPS) is 20.5. The molecular weight excluding hydrogens is 402 g/mol. The monoisotopic (exact) mass is 435 g/mol. The van der Waals surface area contributed by atoms with Crippen LogP contribution in [0.4, 0.5) is 10.5 Å². The molecule has 0 spiro atoms. The maximum absolute atomic E-state index is 13.3. The number of benzene rings is 2. The van der Waals surface area contributed by atoms with Crippen molar-refractivity contribution in [2.24, 2.45) is 17.6 Å². The van der Waals surface area contributed by atoms with Crippen molar-refractivity contribution in [3.8, 4) is 5.75 Å². The fourth-order valence-corrected chi connectivity index (χ4v) is 4.78. The highest BCUT2D eigenvalue weighted by Gasteiger charge is 2.33. The van der Waals surface area contributed by atoms with Gasteiger partial charge in [0.05, 0.1) is 0 Å². The predicted molar refractivity (Wildman–Crippen MR) is 127 cm³/mol. The van der Waals surface area contributed by atoms with Gasteiger partial charge in [0.2, 0.25) is 0 Å². The lowest BCUT2D eigenvalue weighted by Crippen LogP contribution is -2.54. The van der Waals surface area contributed by atoms with Crippen LogP contribution in [0.25, 0.3) is 0 Å². The molecule has 2 aliphatic rings. The van der Waals surface area contributed by atoms with Gasteiger partial charge in [-0.15, -0.1) is 0 Å². The summed E-state index contributed by atoms with van der Waals surface area (Å²) in [7, 11) is 0. The number of amides is 2. The smallest absolute Gasteiger partial charge is 0.324 e. The lowest BCUT2D eigenvalue weighted by molar-refractivity contribution is 0.131. The molecule has 1 atom stereocenters. The number of hydrogen-bond acceptors (Lipinski definition) is 4. The standard InChI is InChI=1S/C25H33N5O2/c1-18-14-29(25(32)30(15-18)22-4-2-3-21(13-22)24(26)27)17-20-9-11-28(12-10-20)16-19-5-7-23(31)8-6-19/h2-8,13,18,20,31H,9-12,14-17H2,1H3,(H3,26,27). The third-order valence-electron chi connectivity index (χ3n) is 6.52. The van der Waals surface area contributed by atoms with Gasteiger partial charge in [-0.3, -0.25) is 15.2 Å². The molecule has 170 valence electrons. The maximum atomic E-state index is 13.3. The second-order valence-corrected chi connectivity index (χ2v) is 9.25. The molecule has 2 amide bonds. The van der Waals surface area contributed by atoms with Gasteiger partial charge in [-0.1, -0.05) is 31.2 Å². The molecule has 7 heteroatoms. The molecular formula is C25H33N5O2. The minimum atomic E-state index is 0.0141. The lowest BCUT2D eigenvalue weighted by atomic mass is 9.95. The molecule has 2 aromatic carbocycles. The Hall–Kier alpha value is -3.06. The van der Waals surface area contributed by atoms with Crippen LogP contribution in [0.1, 0.15) is 30.9 Å². The van der Waals surface area contributed by atoms with Gasteiger partial charge in [0.25, 0.3) is 0 Å². The van der Waals surface area contributed by atoms with Crippen LogP contribution in [0.2, 0.25) is 0 Å². The summed E-state index contributed by atoms with van der Waals surface area (Å²) in [6.07, 6.45) is 2.16. The first-order valence-electron chi connectivity index (χ1n) is 11.4. The highest BCUT2D eigenvalue weighted by molar-refractivity contribution is 5.98. The molecule has 1 unspecified atom stereocenters. The molecule has 0 saturated carbocycles. The third kappa shape index (κ3) is 5.22. The summed E-state index contributed by atoms with van der Waals surface area (Å²) in [5, 5.41) is 17.1.